The topological polar surface area (TPSA) is 15.3 Å². The normalized spacial score (nSPS) is 13.2. The molecule has 2 aliphatic heterocycles. The van der Waals surface area contributed by atoms with Crippen molar-refractivity contribution in [2.45, 2.75) is 20.0 Å². The zero-order valence-corrected chi connectivity index (χ0v) is 32.4. The van der Waals surface area contributed by atoms with Gasteiger partial charge in [0.1, 0.15) is 0 Å². The fourth-order valence-electron chi connectivity index (χ4n) is 7.46. The van der Waals surface area contributed by atoms with Crippen LogP contribution in [0.2, 0.25) is 13.1 Å². The third-order valence-electron chi connectivity index (χ3n) is 9.96. The predicted molar refractivity (Wildman–Crippen MR) is 211 cm³/mol. The van der Waals surface area contributed by atoms with E-state index < -0.39 is 8.07 Å². The summed E-state index contributed by atoms with van der Waals surface area (Å²) in [7, 11) is -1.85. The number of imidazole rings is 1. The quantitative estimate of drug-likeness (QED) is 0.100. The maximum atomic E-state index is 3.57. The number of benzene rings is 7. The van der Waals surface area contributed by atoms with Crippen LogP contribution in [-0.4, -0.2) is 12.6 Å². The second-order valence-electron chi connectivity index (χ2n) is 13.5. The van der Waals surface area contributed by atoms with Gasteiger partial charge in [0.05, 0.1) is 36.2 Å². The molecule has 8 aromatic rings. The number of para-hydroxylation sites is 7. The minimum atomic E-state index is -1.85. The van der Waals surface area contributed by atoms with E-state index in [9.17, 15) is 0 Å². The van der Waals surface area contributed by atoms with Gasteiger partial charge in [0.2, 0.25) is 0 Å². The van der Waals surface area contributed by atoms with Gasteiger partial charge in [-0.2, -0.15) is 72.8 Å². The van der Waals surface area contributed by atoms with Crippen molar-refractivity contribution >= 4 is 63.6 Å². The van der Waals surface area contributed by atoms with E-state index in [0.29, 0.717) is 0 Å². The van der Waals surface area contributed by atoms with E-state index in [-0.39, 0.29) is 21.1 Å². The number of hydrogen-bond acceptors (Lipinski definition) is 2. The van der Waals surface area contributed by atoms with Crippen molar-refractivity contribution in [3.63, 3.8) is 0 Å². The molecule has 0 saturated heterocycles. The number of fused-ring (bicyclic) bond motifs is 5. The monoisotopic (exact) mass is 866 g/mol. The second-order valence-corrected chi connectivity index (χ2v) is 17.8. The molecule has 0 spiro atoms. The number of aromatic nitrogens is 2. The molecule has 0 amide bonds. The molecule has 0 saturated carbocycles. The van der Waals surface area contributed by atoms with Crippen molar-refractivity contribution in [3.05, 3.63) is 188 Å². The van der Waals surface area contributed by atoms with Crippen LogP contribution in [0.5, 0.6) is 0 Å². The standard InChI is InChI=1S/C26H20N2Si.C20H15N2.Pt/c1-29(2)24-17-9-8-15-22(24)28-21-14-7-6-13-20(21)27(19-11-4-3-5-12-19)23-16-10-18-25(29)26(23)28;1-16-11-13-18(14-12-16)22-15-21(17-7-3-2-4-8-17)19-9-5-6-10-20(19)22;/h3-13,16-18H,1-2H3;2-7,9-14H,1H3;/q-2;-1;+4. The Balaban J connectivity index is 0.000000152. The van der Waals surface area contributed by atoms with Crippen molar-refractivity contribution in [2.24, 2.45) is 0 Å². The Kier molecular flexibility index (Phi) is 8.78. The number of hydrogen-bond donors (Lipinski definition) is 0. The van der Waals surface area contributed by atoms with Crippen LogP contribution < -0.4 is 24.7 Å². The van der Waals surface area contributed by atoms with Crippen molar-refractivity contribution in [2.75, 3.05) is 9.80 Å². The Morgan fingerprint density at radius 1 is 0.558 bits per heavy atom. The van der Waals surface area contributed by atoms with Gasteiger partial charge < -0.3 is 14.4 Å². The van der Waals surface area contributed by atoms with Crippen LogP contribution in [0.25, 0.3) is 22.4 Å². The largest absolute Gasteiger partial charge is 4.00 e. The summed E-state index contributed by atoms with van der Waals surface area (Å²) in [6, 6.07) is 65.3. The predicted octanol–water partition coefficient (Wildman–Crippen LogP) is 9.49. The van der Waals surface area contributed by atoms with Crippen LogP contribution >= 0.6 is 0 Å². The molecule has 252 valence electrons. The second kappa shape index (κ2) is 13.6. The van der Waals surface area contributed by atoms with E-state index in [4.69, 9.17) is 0 Å². The third-order valence-corrected chi connectivity index (χ3v) is 13.5. The summed E-state index contributed by atoms with van der Waals surface area (Å²) < 4.78 is 4.14. The number of anilines is 6. The van der Waals surface area contributed by atoms with Crippen LogP contribution in [-0.2, 0) is 21.1 Å². The van der Waals surface area contributed by atoms with Crippen LogP contribution in [0.15, 0.2) is 158 Å². The Hall–Kier alpha value is -5.48. The summed E-state index contributed by atoms with van der Waals surface area (Å²) in [5, 5.41) is 2.90. The first-order valence-corrected chi connectivity index (χ1v) is 20.3. The van der Waals surface area contributed by atoms with E-state index in [2.05, 4.69) is 185 Å². The van der Waals surface area contributed by atoms with E-state index in [0.717, 1.165) is 33.8 Å². The van der Waals surface area contributed by atoms with E-state index in [1.807, 2.05) is 36.4 Å². The molecule has 10 rings (SSSR count). The Bertz CT molecular complexity index is 2530. The number of aryl methyl sites for hydroxylation is 1. The van der Waals surface area contributed by atoms with Crippen molar-refractivity contribution in [3.8, 4) is 11.4 Å². The van der Waals surface area contributed by atoms with Crippen LogP contribution in [0, 0.1) is 31.5 Å². The SMILES string of the molecule is C[Si]1(C)c2ccc[c-]c2N2c3[c-]cccc3N(c3ccccc3)c3cccc1c32.Cc1ccc(-[n+]2[c-]n(-c3[c-]cccc3)c3ccccc32)cc1.[Pt+4]. The first kappa shape index (κ1) is 33.6. The third kappa shape index (κ3) is 5.53. The maximum Gasteiger partial charge on any atom is 4.00 e. The molecule has 7 aromatic carbocycles. The van der Waals surface area contributed by atoms with Gasteiger partial charge in [0, 0.05) is 5.69 Å². The van der Waals surface area contributed by atoms with Gasteiger partial charge in [-0.15, -0.1) is 11.3 Å². The molecule has 2 aliphatic rings. The molecular formula is C46H35N4PtSi+. The minimum Gasteiger partial charge on any atom is -0.362 e. The van der Waals surface area contributed by atoms with Gasteiger partial charge in [-0.05, 0) is 59.5 Å². The summed E-state index contributed by atoms with van der Waals surface area (Å²) in [5.41, 5.74) is 12.7. The van der Waals surface area contributed by atoms with E-state index >= 15 is 0 Å². The maximum absolute atomic E-state index is 3.57. The molecule has 3 heterocycles. The average Bonchev–Trinajstić information content (AvgIpc) is 3.57. The fourth-order valence-corrected chi connectivity index (χ4v) is 10.4. The molecule has 4 nitrogen and oxygen atoms in total. The minimum absolute atomic E-state index is 0. The molecule has 1 aromatic heterocycles. The van der Waals surface area contributed by atoms with Crippen LogP contribution in [0.1, 0.15) is 5.56 Å². The number of nitrogens with zero attached hydrogens (tertiary/aromatic N) is 4. The van der Waals surface area contributed by atoms with Gasteiger partial charge in [0.15, 0.2) is 0 Å². The van der Waals surface area contributed by atoms with Gasteiger partial charge in [-0.1, -0.05) is 91.1 Å². The Morgan fingerprint density at radius 2 is 1.23 bits per heavy atom. The molecule has 0 unspecified atom stereocenters. The first-order valence-electron chi connectivity index (χ1n) is 17.3. The Morgan fingerprint density at radius 3 is 2.02 bits per heavy atom. The van der Waals surface area contributed by atoms with E-state index in [1.54, 1.807) is 0 Å². The molecule has 6 heteroatoms. The molecule has 0 fully saturated rings. The molecule has 0 bridgehead atoms. The summed E-state index contributed by atoms with van der Waals surface area (Å²) in [4.78, 5) is 4.76. The Labute approximate surface area is 321 Å². The zero-order chi connectivity index (χ0) is 34.5. The molecule has 0 atom stereocenters. The summed E-state index contributed by atoms with van der Waals surface area (Å²) in [6.45, 7) is 6.99. The van der Waals surface area contributed by atoms with Gasteiger partial charge in [0.25, 0.3) is 6.33 Å². The van der Waals surface area contributed by atoms with Gasteiger partial charge in [-0.3, -0.25) is 4.57 Å². The van der Waals surface area contributed by atoms with E-state index in [1.165, 1.54) is 38.7 Å². The zero-order valence-electron chi connectivity index (χ0n) is 29.1. The molecule has 52 heavy (non-hydrogen) atoms. The fraction of sp³-hybridized carbons (Fsp3) is 0.0652. The van der Waals surface area contributed by atoms with Crippen LogP contribution in [0.4, 0.5) is 34.1 Å². The number of rotatable bonds is 3. The summed E-state index contributed by atoms with van der Waals surface area (Å²) in [5.74, 6) is 0. The smallest absolute Gasteiger partial charge is 0.362 e. The average molecular weight is 867 g/mol. The van der Waals surface area contributed by atoms with Gasteiger partial charge >= 0.3 is 21.1 Å². The van der Waals surface area contributed by atoms with Gasteiger partial charge in [-0.25, -0.2) is 0 Å². The summed E-state index contributed by atoms with van der Waals surface area (Å²) in [6.07, 6.45) is 3.44. The molecule has 0 radical (unpaired) electrons. The van der Waals surface area contributed by atoms with Crippen molar-refractivity contribution < 1.29 is 25.6 Å². The van der Waals surface area contributed by atoms with Crippen LogP contribution in [0.3, 0.4) is 0 Å². The first-order chi connectivity index (χ1) is 25.0. The van der Waals surface area contributed by atoms with Crippen molar-refractivity contribution in [1.82, 2.24) is 4.57 Å². The molecular weight excluding hydrogens is 832 g/mol. The molecule has 0 N–H and O–H groups in total. The summed E-state index contributed by atoms with van der Waals surface area (Å²) >= 11 is 0. The van der Waals surface area contributed by atoms with Crippen molar-refractivity contribution in [1.29, 1.82) is 0 Å². The molecule has 0 aliphatic carbocycles.